The first-order chi connectivity index (χ1) is 11.1. The largest absolute Gasteiger partial charge is 0.378 e. The summed E-state index contributed by atoms with van der Waals surface area (Å²) in [4.78, 5) is 31.0. The zero-order chi connectivity index (χ0) is 16.4. The lowest BCUT2D eigenvalue weighted by atomic mass is 10.0. The third-order valence-corrected chi connectivity index (χ3v) is 5.67. The smallest absolute Gasteiger partial charge is 0.239 e. The Kier molecular flexibility index (Phi) is 5.21. The van der Waals surface area contributed by atoms with Gasteiger partial charge in [0.05, 0.1) is 19.3 Å². The Hall–Kier alpha value is -1.14. The van der Waals surface area contributed by atoms with Crippen molar-refractivity contribution in [2.45, 2.75) is 57.7 Å². The molecule has 0 saturated carbocycles. The molecule has 3 aliphatic heterocycles. The molecule has 3 atom stereocenters. The van der Waals surface area contributed by atoms with Crippen molar-refractivity contribution in [1.29, 1.82) is 0 Å². The van der Waals surface area contributed by atoms with E-state index in [2.05, 4.69) is 4.90 Å². The van der Waals surface area contributed by atoms with E-state index >= 15 is 0 Å². The quantitative estimate of drug-likeness (QED) is 0.767. The Morgan fingerprint density at radius 3 is 2.35 bits per heavy atom. The van der Waals surface area contributed by atoms with Gasteiger partial charge in [0.1, 0.15) is 0 Å². The van der Waals surface area contributed by atoms with Gasteiger partial charge in [0.25, 0.3) is 0 Å². The summed E-state index contributed by atoms with van der Waals surface area (Å²) in [5, 5.41) is 0. The average molecular weight is 323 g/mol. The predicted octanol–water partition coefficient (Wildman–Crippen LogP) is 0.709. The number of hydrogen-bond donors (Lipinski definition) is 0. The molecule has 3 aliphatic rings. The third-order valence-electron chi connectivity index (χ3n) is 5.67. The predicted molar refractivity (Wildman–Crippen MR) is 87.0 cm³/mol. The number of ether oxygens (including phenoxy) is 1. The average Bonchev–Trinajstić information content (AvgIpc) is 3.22. The van der Waals surface area contributed by atoms with Crippen molar-refractivity contribution in [2.75, 3.05) is 39.4 Å². The van der Waals surface area contributed by atoms with Crippen LogP contribution in [0.2, 0.25) is 0 Å². The van der Waals surface area contributed by atoms with Gasteiger partial charge in [0.15, 0.2) is 0 Å². The summed E-state index contributed by atoms with van der Waals surface area (Å²) in [6, 6.07) is 0.520. The number of hydrogen-bond acceptors (Lipinski definition) is 4. The van der Waals surface area contributed by atoms with Crippen LogP contribution in [0, 0.1) is 0 Å². The molecule has 0 radical (unpaired) electrons. The number of likely N-dealkylation sites (tertiary alicyclic amines) is 2. The Morgan fingerprint density at radius 2 is 1.65 bits per heavy atom. The van der Waals surface area contributed by atoms with Crippen molar-refractivity contribution in [3.8, 4) is 0 Å². The van der Waals surface area contributed by atoms with Gasteiger partial charge in [-0.2, -0.15) is 0 Å². The summed E-state index contributed by atoms with van der Waals surface area (Å²) in [6.45, 7) is 8.21. The van der Waals surface area contributed by atoms with Gasteiger partial charge >= 0.3 is 0 Å². The standard InChI is InChI=1S/C17H29N3O3/c1-13(17(22)18-9-11-23-12-10-18)19-7-3-5-15(19)16-6-4-8-20(16)14(2)21/h13,15-16H,3-12H2,1-2H3/t13-,15-,16+/m0/s1. The van der Waals surface area contributed by atoms with E-state index < -0.39 is 0 Å². The van der Waals surface area contributed by atoms with Gasteiger partial charge in [-0.1, -0.05) is 0 Å². The van der Waals surface area contributed by atoms with Crippen LogP contribution in [0.25, 0.3) is 0 Å². The van der Waals surface area contributed by atoms with Gasteiger partial charge in [-0.05, 0) is 39.2 Å². The zero-order valence-electron chi connectivity index (χ0n) is 14.4. The fourth-order valence-electron chi connectivity index (χ4n) is 4.48. The molecule has 6 heteroatoms. The van der Waals surface area contributed by atoms with E-state index in [-0.39, 0.29) is 23.9 Å². The minimum atomic E-state index is -0.102. The second kappa shape index (κ2) is 7.18. The van der Waals surface area contributed by atoms with Crippen LogP contribution >= 0.6 is 0 Å². The lowest BCUT2D eigenvalue weighted by molar-refractivity contribution is -0.141. The van der Waals surface area contributed by atoms with Crippen LogP contribution in [0.1, 0.15) is 39.5 Å². The van der Waals surface area contributed by atoms with E-state index in [1.165, 1.54) is 0 Å². The van der Waals surface area contributed by atoms with E-state index in [9.17, 15) is 9.59 Å². The fraction of sp³-hybridized carbons (Fsp3) is 0.882. The van der Waals surface area contributed by atoms with Crippen molar-refractivity contribution in [3.05, 3.63) is 0 Å². The van der Waals surface area contributed by atoms with Crippen molar-refractivity contribution in [2.24, 2.45) is 0 Å². The molecule has 2 amide bonds. The molecule has 0 unspecified atom stereocenters. The van der Waals surface area contributed by atoms with Crippen molar-refractivity contribution < 1.29 is 14.3 Å². The second-order valence-electron chi connectivity index (χ2n) is 6.98. The zero-order valence-corrected chi connectivity index (χ0v) is 14.4. The maximum absolute atomic E-state index is 12.8. The van der Waals surface area contributed by atoms with Gasteiger partial charge in [-0.15, -0.1) is 0 Å². The summed E-state index contributed by atoms with van der Waals surface area (Å²) >= 11 is 0. The Balaban J connectivity index is 1.68. The molecule has 0 aromatic heterocycles. The highest BCUT2D eigenvalue weighted by Gasteiger charge is 2.42. The number of carbonyl (C=O) groups excluding carboxylic acids is 2. The van der Waals surface area contributed by atoms with E-state index in [4.69, 9.17) is 4.74 Å². The number of amides is 2. The van der Waals surface area contributed by atoms with Gasteiger partial charge in [0, 0.05) is 38.6 Å². The first kappa shape index (κ1) is 16.7. The minimum absolute atomic E-state index is 0.102. The van der Waals surface area contributed by atoms with Gasteiger partial charge < -0.3 is 14.5 Å². The highest BCUT2D eigenvalue weighted by atomic mass is 16.5. The summed E-state index contributed by atoms with van der Waals surface area (Å²) in [5.41, 5.74) is 0. The molecule has 0 N–H and O–H groups in total. The van der Waals surface area contributed by atoms with Crippen LogP contribution in [0.4, 0.5) is 0 Å². The highest BCUT2D eigenvalue weighted by Crippen LogP contribution is 2.31. The van der Waals surface area contributed by atoms with E-state index in [1.54, 1.807) is 6.92 Å². The molecule has 0 bridgehead atoms. The minimum Gasteiger partial charge on any atom is -0.378 e. The van der Waals surface area contributed by atoms with Crippen LogP contribution in [-0.4, -0.2) is 84.0 Å². The molecular formula is C17H29N3O3. The third kappa shape index (κ3) is 3.38. The Morgan fingerprint density at radius 1 is 1.00 bits per heavy atom. The van der Waals surface area contributed by atoms with Crippen LogP contribution in [0.5, 0.6) is 0 Å². The second-order valence-corrected chi connectivity index (χ2v) is 6.98. The van der Waals surface area contributed by atoms with Crippen LogP contribution in [0.15, 0.2) is 0 Å². The van der Waals surface area contributed by atoms with Crippen LogP contribution in [0.3, 0.4) is 0 Å². The van der Waals surface area contributed by atoms with Gasteiger partial charge in [-0.3, -0.25) is 14.5 Å². The highest BCUT2D eigenvalue weighted by molar-refractivity contribution is 5.81. The molecule has 130 valence electrons. The van der Waals surface area contributed by atoms with Crippen molar-refractivity contribution in [1.82, 2.24) is 14.7 Å². The number of rotatable bonds is 3. The molecule has 3 fully saturated rings. The molecule has 3 rings (SSSR count). The molecule has 6 nitrogen and oxygen atoms in total. The molecule has 3 saturated heterocycles. The summed E-state index contributed by atoms with van der Waals surface area (Å²) in [5.74, 6) is 0.388. The molecule has 0 spiro atoms. The first-order valence-corrected chi connectivity index (χ1v) is 8.99. The maximum Gasteiger partial charge on any atom is 0.239 e. The number of morpholine rings is 1. The SMILES string of the molecule is CC(=O)N1CCC[C@@H]1[C@@H]1CCCN1[C@@H](C)C(=O)N1CCOCC1. The molecular weight excluding hydrogens is 294 g/mol. The lowest BCUT2D eigenvalue weighted by Crippen LogP contribution is -2.55. The Bertz CT molecular complexity index is 450. The number of nitrogens with zero attached hydrogens (tertiary/aromatic N) is 3. The molecule has 0 aromatic rings. The van der Waals surface area contributed by atoms with E-state index in [0.29, 0.717) is 32.3 Å². The van der Waals surface area contributed by atoms with Crippen LogP contribution in [-0.2, 0) is 14.3 Å². The Labute approximate surface area is 138 Å². The fourth-order valence-corrected chi connectivity index (χ4v) is 4.48. The molecule has 0 aliphatic carbocycles. The topological polar surface area (TPSA) is 53.1 Å². The van der Waals surface area contributed by atoms with Crippen LogP contribution < -0.4 is 0 Å². The van der Waals surface area contributed by atoms with Gasteiger partial charge in [-0.25, -0.2) is 0 Å². The molecule has 3 heterocycles. The summed E-state index contributed by atoms with van der Waals surface area (Å²) in [6.07, 6.45) is 4.36. The normalized spacial score (nSPS) is 30.7. The lowest BCUT2D eigenvalue weighted by Gasteiger charge is -2.39. The van der Waals surface area contributed by atoms with Gasteiger partial charge in [0.2, 0.25) is 11.8 Å². The van der Waals surface area contributed by atoms with E-state index in [1.807, 2.05) is 16.7 Å². The van der Waals surface area contributed by atoms with Crippen molar-refractivity contribution in [3.63, 3.8) is 0 Å². The van der Waals surface area contributed by atoms with E-state index in [0.717, 1.165) is 38.8 Å². The van der Waals surface area contributed by atoms with Crippen molar-refractivity contribution >= 4 is 11.8 Å². The first-order valence-electron chi connectivity index (χ1n) is 8.99. The molecule has 23 heavy (non-hydrogen) atoms. The maximum atomic E-state index is 12.8. The number of carbonyl (C=O) groups is 2. The summed E-state index contributed by atoms with van der Waals surface area (Å²) in [7, 11) is 0. The molecule has 0 aromatic carbocycles. The monoisotopic (exact) mass is 323 g/mol. The summed E-state index contributed by atoms with van der Waals surface area (Å²) < 4.78 is 5.35.